The molecule has 0 aromatic heterocycles. The molecule has 1 aliphatic carbocycles. The molecule has 1 aromatic carbocycles. The van der Waals surface area contributed by atoms with Crippen molar-refractivity contribution >= 4 is 6.29 Å². The number of aromatic hydroxyl groups is 1. The van der Waals surface area contributed by atoms with E-state index in [9.17, 15) is 15.0 Å². The maximum atomic E-state index is 10.6. The molecular formula is C12H12O5. The summed E-state index contributed by atoms with van der Waals surface area (Å²) in [6, 6.07) is 4.32. The monoisotopic (exact) mass is 236 g/mol. The van der Waals surface area contributed by atoms with Gasteiger partial charge in [-0.1, -0.05) is 0 Å². The van der Waals surface area contributed by atoms with E-state index < -0.39 is 6.10 Å². The van der Waals surface area contributed by atoms with Crippen molar-refractivity contribution in [1.29, 1.82) is 0 Å². The molecule has 90 valence electrons. The van der Waals surface area contributed by atoms with Gasteiger partial charge in [0.2, 0.25) is 0 Å². The zero-order chi connectivity index (χ0) is 12.4. The molecule has 0 unspecified atom stereocenters. The van der Waals surface area contributed by atoms with Crippen molar-refractivity contribution in [1.82, 2.24) is 0 Å². The standard InChI is InChI=1S/C12H12O5/c13-5-7-1-2-8(15)3-11(7)17-12-4-10(16)9(12)6-14/h1-3,6,10,13,15-16H,4-5H2/t10-/m1/s1. The minimum atomic E-state index is -0.780. The number of carbonyl (C=O) groups excluding carboxylic acids is 1. The van der Waals surface area contributed by atoms with Crippen LogP contribution in [0.15, 0.2) is 29.5 Å². The van der Waals surface area contributed by atoms with E-state index in [1.54, 1.807) is 0 Å². The highest BCUT2D eigenvalue weighted by Crippen LogP contribution is 2.32. The van der Waals surface area contributed by atoms with Crippen molar-refractivity contribution in [2.45, 2.75) is 19.1 Å². The van der Waals surface area contributed by atoms with Gasteiger partial charge in [-0.25, -0.2) is 0 Å². The van der Waals surface area contributed by atoms with Crippen LogP contribution in [0.1, 0.15) is 12.0 Å². The average Bonchev–Trinajstić information content (AvgIpc) is 2.29. The molecule has 0 radical (unpaired) electrons. The predicted octanol–water partition coefficient (Wildman–Crippen LogP) is 0.481. The molecule has 5 heteroatoms. The number of hydrogen-bond donors (Lipinski definition) is 3. The second kappa shape index (κ2) is 4.57. The first-order chi connectivity index (χ1) is 8.15. The van der Waals surface area contributed by atoms with Gasteiger partial charge in [0.15, 0.2) is 6.29 Å². The molecule has 1 atom stereocenters. The number of aliphatic hydroxyl groups is 2. The van der Waals surface area contributed by atoms with E-state index in [0.29, 0.717) is 17.6 Å². The number of aliphatic hydroxyl groups excluding tert-OH is 2. The first kappa shape index (κ1) is 11.6. The Kier molecular flexibility index (Phi) is 3.12. The van der Waals surface area contributed by atoms with Crippen LogP contribution in [0.3, 0.4) is 0 Å². The topological polar surface area (TPSA) is 87.0 Å². The number of hydrogen-bond acceptors (Lipinski definition) is 5. The van der Waals surface area contributed by atoms with Crippen LogP contribution in [0.5, 0.6) is 11.5 Å². The summed E-state index contributed by atoms with van der Waals surface area (Å²) in [7, 11) is 0. The van der Waals surface area contributed by atoms with E-state index in [4.69, 9.17) is 9.84 Å². The van der Waals surface area contributed by atoms with Crippen LogP contribution >= 0.6 is 0 Å². The molecule has 1 aromatic rings. The Balaban J connectivity index is 2.27. The second-order valence-corrected chi connectivity index (χ2v) is 3.77. The van der Waals surface area contributed by atoms with Gasteiger partial charge in [-0.3, -0.25) is 4.79 Å². The lowest BCUT2D eigenvalue weighted by Crippen LogP contribution is -2.27. The van der Waals surface area contributed by atoms with Gasteiger partial charge in [0, 0.05) is 18.1 Å². The summed E-state index contributed by atoms with van der Waals surface area (Å²) in [6.45, 7) is -0.234. The molecule has 1 aliphatic rings. The van der Waals surface area contributed by atoms with Crippen LogP contribution < -0.4 is 4.74 Å². The predicted molar refractivity (Wildman–Crippen MR) is 58.4 cm³/mol. The maximum Gasteiger partial charge on any atom is 0.152 e. The fourth-order valence-electron chi connectivity index (χ4n) is 1.60. The molecule has 0 spiro atoms. The van der Waals surface area contributed by atoms with E-state index in [-0.39, 0.29) is 30.1 Å². The smallest absolute Gasteiger partial charge is 0.152 e. The maximum absolute atomic E-state index is 10.6. The summed E-state index contributed by atoms with van der Waals surface area (Å²) >= 11 is 0. The summed E-state index contributed by atoms with van der Waals surface area (Å²) in [4.78, 5) is 10.6. The average molecular weight is 236 g/mol. The first-order valence-corrected chi connectivity index (χ1v) is 5.12. The number of benzene rings is 1. The first-order valence-electron chi connectivity index (χ1n) is 5.12. The number of ether oxygens (including phenoxy) is 1. The van der Waals surface area contributed by atoms with E-state index in [1.807, 2.05) is 0 Å². The highest BCUT2D eigenvalue weighted by atomic mass is 16.5. The summed E-state index contributed by atoms with van der Waals surface area (Å²) in [5.74, 6) is 0.659. The molecule has 0 saturated carbocycles. The number of phenols is 1. The van der Waals surface area contributed by atoms with E-state index in [2.05, 4.69) is 0 Å². The molecule has 0 heterocycles. The second-order valence-electron chi connectivity index (χ2n) is 3.77. The minimum Gasteiger partial charge on any atom is -0.508 e. The number of carbonyl (C=O) groups is 1. The molecule has 5 nitrogen and oxygen atoms in total. The molecule has 3 N–H and O–H groups in total. The van der Waals surface area contributed by atoms with Gasteiger partial charge < -0.3 is 20.1 Å². The Hall–Kier alpha value is -1.85. The summed E-state index contributed by atoms with van der Waals surface area (Å²) in [5, 5.41) is 27.7. The van der Waals surface area contributed by atoms with Gasteiger partial charge in [0.05, 0.1) is 18.3 Å². The molecule has 0 saturated heterocycles. The Morgan fingerprint density at radius 1 is 1.47 bits per heavy atom. The van der Waals surface area contributed by atoms with Crippen LogP contribution in [-0.4, -0.2) is 27.7 Å². The van der Waals surface area contributed by atoms with Crippen molar-refractivity contribution in [2.75, 3.05) is 0 Å². The minimum absolute atomic E-state index is 0.00493. The number of aldehydes is 1. The lowest BCUT2D eigenvalue weighted by Gasteiger charge is -2.26. The summed E-state index contributed by atoms with van der Waals surface area (Å²) in [6.07, 6.45) is 0.0249. The van der Waals surface area contributed by atoms with E-state index in [1.165, 1.54) is 18.2 Å². The van der Waals surface area contributed by atoms with Crippen LogP contribution in [0, 0.1) is 0 Å². The summed E-state index contributed by atoms with van der Waals surface area (Å²) in [5.41, 5.74) is 0.708. The third kappa shape index (κ3) is 2.15. The Labute approximate surface area is 97.6 Å². The lowest BCUT2D eigenvalue weighted by molar-refractivity contribution is -0.106. The highest BCUT2D eigenvalue weighted by Gasteiger charge is 2.29. The van der Waals surface area contributed by atoms with Crippen LogP contribution in [0.25, 0.3) is 0 Å². The van der Waals surface area contributed by atoms with Gasteiger partial charge in [-0.2, -0.15) is 0 Å². The third-order valence-electron chi connectivity index (χ3n) is 2.64. The largest absolute Gasteiger partial charge is 0.508 e. The van der Waals surface area contributed by atoms with Gasteiger partial charge in [0.25, 0.3) is 0 Å². The zero-order valence-corrected chi connectivity index (χ0v) is 8.96. The highest BCUT2D eigenvalue weighted by molar-refractivity contribution is 5.78. The quantitative estimate of drug-likeness (QED) is 0.662. The number of rotatable bonds is 4. The van der Waals surface area contributed by atoms with Crippen molar-refractivity contribution in [3.05, 3.63) is 35.1 Å². The SMILES string of the molecule is O=CC1=C(Oc2cc(O)ccc2CO)C[C@H]1O. The molecule has 17 heavy (non-hydrogen) atoms. The lowest BCUT2D eigenvalue weighted by atomic mass is 9.93. The number of phenolic OH excluding ortho intramolecular Hbond substituents is 1. The normalized spacial score (nSPS) is 18.8. The van der Waals surface area contributed by atoms with Crippen molar-refractivity contribution < 1.29 is 24.9 Å². The van der Waals surface area contributed by atoms with Crippen molar-refractivity contribution in [3.8, 4) is 11.5 Å². The molecule has 0 amide bonds. The zero-order valence-electron chi connectivity index (χ0n) is 8.96. The molecule has 0 bridgehead atoms. The van der Waals surface area contributed by atoms with E-state index >= 15 is 0 Å². The molecular weight excluding hydrogens is 224 g/mol. The molecule has 0 fully saturated rings. The fraction of sp³-hybridized carbons (Fsp3) is 0.250. The van der Waals surface area contributed by atoms with Crippen LogP contribution in [0.2, 0.25) is 0 Å². The van der Waals surface area contributed by atoms with Crippen LogP contribution in [-0.2, 0) is 11.4 Å². The Morgan fingerprint density at radius 3 is 2.82 bits per heavy atom. The fourth-order valence-corrected chi connectivity index (χ4v) is 1.60. The van der Waals surface area contributed by atoms with E-state index in [0.717, 1.165) is 0 Å². The summed E-state index contributed by atoms with van der Waals surface area (Å²) < 4.78 is 5.40. The third-order valence-corrected chi connectivity index (χ3v) is 2.64. The van der Waals surface area contributed by atoms with Crippen molar-refractivity contribution in [2.24, 2.45) is 0 Å². The van der Waals surface area contributed by atoms with Gasteiger partial charge in [0.1, 0.15) is 17.3 Å². The Bertz CT molecular complexity index is 478. The molecule has 2 rings (SSSR count). The van der Waals surface area contributed by atoms with Crippen molar-refractivity contribution in [3.63, 3.8) is 0 Å². The van der Waals surface area contributed by atoms with Crippen LogP contribution in [0.4, 0.5) is 0 Å². The Morgan fingerprint density at radius 2 is 2.24 bits per heavy atom. The van der Waals surface area contributed by atoms with Gasteiger partial charge in [-0.15, -0.1) is 0 Å². The molecule has 0 aliphatic heterocycles. The van der Waals surface area contributed by atoms with Gasteiger partial charge in [-0.05, 0) is 12.1 Å². The van der Waals surface area contributed by atoms with Gasteiger partial charge >= 0.3 is 0 Å².